The molecule has 156 valence electrons. The zero-order chi connectivity index (χ0) is 21.0. The highest BCUT2D eigenvalue weighted by molar-refractivity contribution is 9.10. The molecular formula is C21H24BrNO5S. The van der Waals surface area contributed by atoms with Crippen LogP contribution in [0.5, 0.6) is 0 Å². The summed E-state index contributed by atoms with van der Waals surface area (Å²) in [6.07, 6.45) is 0. The molecule has 6 nitrogen and oxygen atoms in total. The van der Waals surface area contributed by atoms with E-state index in [4.69, 9.17) is 9.47 Å². The number of ether oxygens (including phenoxy) is 2. The molecule has 0 aliphatic carbocycles. The first-order valence-electron chi connectivity index (χ1n) is 9.42. The van der Waals surface area contributed by atoms with Crippen molar-refractivity contribution in [3.8, 4) is 0 Å². The van der Waals surface area contributed by atoms with Crippen molar-refractivity contribution in [3.63, 3.8) is 0 Å². The van der Waals surface area contributed by atoms with Gasteiger partial charge in [0.05, 0.1) is 23.7 Å². The Bertz CT molecular complexity index is 967. The topological polar surface area (TPSA) is 72.9 Å². The third-order valence-corrected chi connectivity index (χ3v) is 7.66. The van der Waals surface area contributed by atoms with Crippen molar-refractivity contribution in [1.82, 2.24) is 4.31 Å². The summed E-state index contributed by atoms with van der Waals surface area (Å²) >= 11 is 3.29. The van der Waals surface area contributed by atoms with Crippen LogP contribution in [0.2, 0.25) is 0 Å². The smallest absolute Gasteiger partial charge is 0.338 e. The van der Waals surface area contributed by atoms with Crippen molar-refractivity contribution in [2.75, 3.05) is 26.3 Å². The Morgan fingerprint density at radius 3 is 2.41 bits per heavy atom. The van der Waals surface area contributed by atoms with E-state index in [9.17, 15) is 13.2 Å². The van der Waals surface area contributed by atoms with Crippen LogP contribution >= 0.6 is 15.9 Å². The van der Waals surface area contributed by atoms with Crippen LogP contribution in [-0.4, -0.2) is 45.0 Å². The maximum Gasteiger partial charge on any atom is 0.338 e. The molecule has 0 spiro atoms. The Kier molecular flexibility index (Phi) is 7.10. The molecule has 1 saturated heterocycles. The Balaban J connectivity index is 1.73. The first-order valence-corrected chi connectivity index (χ1v) is 11.7. The molecule has 29 heavy (non-hydrogen) atoms. The van der Waals surface area contributed by atoms with Crippen LogP contribution in [0.1, 0.15) is 41.3 Å². The monoisotopic (exact) mass is 481 g/mol. The van der Waals surface area contributed by atoms with E-state index in [1.165, 1.54) is 15.9 Å². The predicted molar refractivity (Wildman–Crippen MR) is 113 cm³/mol. The van der Waals surface area contributed by atoms with E-state index in [2.05, 4.69) is 29.8 Å². The lowest BCUT2D eigenvalue weighted by Gasteiger charge is -2.26. The summed E-state index contributed by atoms with van der Waals surface area (Å²) in [6.45, 7) is 5.64. The zero-order valence-corrected chi connectivity index (χ0v) is 18.8. The zero-order valence-electron chi connectivity index (χ0n) is 16.4. The van der Waals surface area contributed by atoms with Crippen LogP contribution in [0.25, 0.3) is 0 Å². The summed E-state index contributed by atoms with van der Waals surface area (Å²) < 4.78 is 38.3. The van der Waals surface area contributed by atoms with Crippen LogP contribution in [0.4, 0.5) is 0 Å². The molecule has 0 N–H and O–H groups in total. The van der Waals surface area contributed by atoms with Crippen molar-refractivity contribution in [3.05, 3.63) is 63.6 Å². The van der Waals surface area contributed by atoms with Crippen molar-refractivity contribution < 1.29 is 22.7 Å². The van der Waals surface area contributed by atoms with Crippen LogP contribution in [0.15, 0.2) is 51.8 Å². The molecule has 2 aromatic carbocycles. The van der Waals surface area contributed by atoms with E-state index in [1.54, 1.807) is 12.1 Å². The van der Waals surface area contributed by atoms with Gasteiger partial charge < -0.3 is 9.47 Å². The maximum absolute atomic E-state index is 12.9. The van der Waals surface area contributed by atoms with Gasteiger partial charge in [-0.25, -0.2) is 13.2 Å². The molecule has 1 aliphatic rings. The molecule has 0 aromatic heterocycles. The number of carbonyl (C=O) groups is 1. The maximum atomic E-state index is 12.9. The minimum atomic E-state index is -3.73. The number of carbonyl (C=O) groups excluding carboxylic acids is 1. The van der Waals surface area contributed by atoms with Crippen molar-refractivity contribution in [2.45, 2.75) is 31.3 Å². The Morgan fingerprint density at radius 1 is 1.14 bits per heavy atom. The lowest BCUT2D eigenvalue weighted by molar-refractivity contribution is 0.0472. The number of halogens is 1. The van der Waals surface area contributed by atoms with Gasteiger partial charge in [0.15, 0.2) is 0 Å². The molecule has 0 saturated carbocycles. The molecule has 1 aliphatic heterocycles. The van der Waals surface area contributed by atoms with Gasteiger partial charge in [0.25, 0.3) is 0 Å². The third-order valence-electron chi connectivity index (χ3n) is 4.77. The average Bonchev–Trinajstić information content (AvgIpc) is 2.73. The van der Waals surface area contributed by atoms with Gasteiger partial charge in [0.1, 0.15) is 6.61 Å². The standard InChI is InChI=1S/C21H24BrNO5S/c1-15(2)17-5-3-16(4-6-17)14-28-21(24)18-7-8-19(22)20(13-18)29(25,26)23-9-11-27-12-10-23/h3-8,13,15H,9-12,14H2,1-2H3. The van der Waals surface area contributed by atoms with Gasteiger partial charge >= 0.3 is 5.97 Å². The summed E-state index contributed by atoms with van der Waals surface area (Å²) in [5.74, 6) is -0.134. The second-order valence-corrected chi connectivity index (χ2v) is 9.89. The van der Waals surface area contributed by atoms with Crippen molar-refractivity contribution in [2.24, 2.45) is 0 Å². The number of esters is 1. The molecule has 0 bridgehead atoms. The van der Waals surface area contributed by atoms with Gasteiger partial charge in [-0.3, -0.25) is 0 Å². The van der Waals surface area contributed by atoms with E-state index < -0.39 is 16.0 Å². The van der Waals surface area contributed by atoms with Crippen LogP contribution < -0.4 is 0 Å². The quantitative estimate of drug-likeness (QED) is 0.583. The number of sulfonamides is 1. The number of hydrogen-bond donors (Lipinski definition) is 0. The van der Waals surface area contributed by atoms with Gasteiger partial charge in [-0.15, -0.1) is 0 Å². The van der Waals surface area contributed by atoms with Gasteiger partial charge in [0.2, 0.25) is 10.0 Å². The summed E-state index contributed by atoms with van der Waals surface area (Å²) in [7, 11) is -3.73. The predicted octanol–water partition coefficient (Wildman–Crippen LogP) is 3.95. The fraction of sp³-hybridized carbons (Fsp3) is 0.381. The summed E-state index contributed by atoms with van der Waals surface area (Å²) in [5.41, 5.74) is 2.28. The number of benzene rings is 2. The fourth-order valence-electron chi connectivity index (χ4n) is 2.99. The highest BCUT2D eigenvalue weighted by atomic mass is 79.9. The summed E-state index contributed by atoms with van der Waals surface area (Å²) in [4.78, 5) is 12.5. The van der Waals surface area contributed by atoms with E-state index >= 15 is 0 Å². The molecule has 0 unspecified atom stereocenters. The van der Waals surface area contributed by atoms with Crippen LogP contribution in [-0.2, 0) is 26.1 Å². The lowest BCUT2D eigenvalue weighted by atomic mass is 10.0. The van der Waals surface area contributed by atoms with Crippen LogP contribution in [0, 0.1) is 0 Å². The highest BCUT2D eigenvalue weighted by Crippen LogP contribution is 2.27. The molecule has 0 amide bonds. The molecule has 3 rings (SSSR count). The Hall–Kier alpha value is -1.74. The largest absolute Gasteiger partial charge is 0.457 e. The van der Waals surface area contributed by atoms with Crippen molar-refractivity contribution in [1.29, 1.82) is 0 Å². The van der Waals surface area contributed by atoms with Crippen LogP contribution in [0.3, 0.4) is 0 Å². The molecule has 0 atom stereocenters. The Labute approximate surface area is 180 Å². The lowest BCUT2D eigenvalue weighted by Crippen LogP contribution is -2.40. The summed E-state index contributed by atoms with van der Waals surface area (Å²) in [5, 5.41) is 0. The normalized spacial score (nSPS) is 15.4. The first-order chi connectivity index (χ1) is 13.8. The molecule has 2 aromatic rings. The SMILES string of the molecule is CC(C)c1ccc(COC(=O)c2ccc(Br)c(S(=O)(=O)N3CCOCC3)c2)cc1. The molecular weight excluding hydrogens is 458 g/mol. The van der Waals surface area contributed by atoms with E-state index in [1.807, 2.05) is 24.3 Å². The molecule has 0 radical (unpaired) electrons. The minimum absolute atomic E-state index is 0.0511. The number of morpholine rings is 1. The third kappa shape index (κ3) is 5.25. The van der Waals surface area contributed by atoms with Gasteiger partial charge in [-0.1, -0.05) is 38.1 Å². The first kappa shape index (κ1) is 22.0. The van der Waals surface area contributed by atoms with Gasteiger partial charge in [-0.2, -0.15) is 4.31 Å². The Morgan fingerprint density at radius 2 is 1.79 bits per heavy atom. The van der Waals surface area contributed by atoms with Gasteiger partial charge in [0, 0.05) is 17.6 Å². The minimum Gasteiger partial charge on any atom is -0.457 e. The average molecular weight is 482 g/mol. The number of nitrogens with zero attached hydrogens (tertiary/aromatic N) is 1. The highest BCUT2D eigenvalue weighted by Gasteiger charge is 2.29. The van der Waals surface area contributed by atoms with Gasteiger partial charge in [-0.05, 0) is 51.2 Å². The van der Waals surface area contributed by atoms with E-state index in [-0.39, 0.29) is 30.2 Å². The number of rotatable bonds is 6. The molecule has 1 heterocycles. The molecule has 8 heteroatoms. The fourth-order valence-corrected chi connectivity index (χ4v) is 5.34. The van der Waals surface area contributed by atoms with E-state index in [0.29, 0.717) is 23.6 Å². The second-order valence-electron chi connectivity index (χ2n) is 7.13. The second kappa shape index (κ2) is 9.38. The van der Waals surface area contributed by atoms with Crippen molar-refractivity contribution >= 4 is 31.9 Å². The van der Waals surface area contributed by atoms with E-state index in [0.717, 1.165) is 5.56 Å². The summed E-state index contributed by atoms with van der Waals surface area (Å²) in [6, 6.07) is 12.4. The molecule has 1 fully saturated rings. The number of hydrogen-bond acceptors (Lipinski definition) is 5.